The van der Waals surface area contributed by atoms with Gasteiger partial charge in [-0.1, -0.05) is 15.9 Å². The third kappa shape index (κ3) is 3.33. The summed E-state index contributed by atoms with van der Waals surface area (Å²) in [5.41, 5.74) is 1.77. The van der Waals surface area contributed by atoms with Gasteiger partial charge in [0.05, 0.1) is 31.3 Å². The second kappa shape index (κ2) is 7.39. The molecule has 25 heavy (non-hydrogen) atoms. The number of carbonyl (C=O) groups is 2. The van der Waals surface area contributed by atoms with Gasteiger partial charge in [0.2, 0.25) is 0 Å². The van der Waals surface area contributed by atoms with E-state index in [0.29, 0.717) is 15.9 Å². The van der Waals surface area contributed by atoms with Crippen molar-refractivity contribution in [2.75, 3.05) is 21.3 Å². The molecule has 2 rings (SSSR count). The molecule has 0 aromatic heterocycles. The number of benzene rings is 1. The molecule has 0 atom stereocenters. The quantitative estimate of drug-likeness (QED) is 0.712. The van der Waals surface area contributed by atoms with Crippen LogP contribution < -0.4 is 0 Å². The van der Waals surface area contributed by atoms with Gasteiger partial charge in [0.1, 0.15) is 5.82 Å². The zero-order chi connectivity index (χ0) is 18.9. The Morgan fingerprint density at radius 3 is 2.00 bits per heavy atom. The van der Waals surface area contributed by atoms with Crippen LogP contribution in [-0.4, -0.2) is 38.1 Å². The molecule has 0 saturated carbocycles. The Kier molecular flexibility index (Phi) is 5.67. The van der Waals surface area contributed by atoms with Crippen LogP contribution in [0.1, 0.15) is 25.3 Å². The van der Waals surface area contributed by atoms with Crippen molar-refractivity contribution in [1.82, 2.24) is 4.90 Å². The van der Waals surface area contributed by atoms with Crippen LogP contribution in [0.4, 0.5) is 4.39 Å². The van der Waals surface area contributed by atoms with Gasteiger partial charge in [-0.15, -0.1) is 0 Å². The van der Waals surface area contributed by atoms with Crippen molar-refractivity contribution in [3.05, 3.63) is 56.6 Å². The lowest BCUT2D eigenvalue weighted by atomic mass is 9.79. The van der Waals surface area contributed by atoms with Gasteiger partial charge < -0.3 is 14.4 Å². The summed E-state index contributed by atoms with van der Waals surface area (Å²) in [4.78, 5) is 26.6. The van der Waals surface area contributed by atoms with Gasteiger partial charge in [-0.25, -0.2) is 14.0 Å². The highest BCUT2D eigenvalue weighted by atomic mass is 79.9. The van der Waals surface area contributed by atoms with Crippen LogP contribution in [0.15, 0.2) is 45.2 Å². The van der Waals surface area contributed by atoms with E-state index in [4.69, 9.17) is 9.47 Å². The molecule has 0 bridgehead atoms. The first kappa shape index (κ1) is 19.2. The van der Waals surface area contributed by atoms with Gasteiger partial charge in [-0.2, -0.15) is 0 Å². The highest BCUT2D eigenvalue weighted by Gasteiger charge is 2.40. The van der Waals surface area contributed by atoms with Crippen molar-refractivity contribution in [2.45, 2.75) is 19.8 Å². The van der Waals surface area contributed by atoms with E-state index in [0.717, 1.165) is 0 Å². The SMILES string of the molecule is COC(=O)C1=C(C)N(C)C(C)=C(C(=O)OC)C1c1cc(Br)ccc1F. The predicted octanol–water partition coefficient (Wildman–Crippen LogP) is 3.51. The maximum Gasteiger partial charge on any atom is 0.336 e. The monoisotopic (exact) mass is 411 g/mol. The number of nitrogens with zero attached hydrogens (tertiary/aromatic N) is 1. The number of esters is 2. The number of methoxy groups -OCH3 is 2. The molecule has 1 aromatic carbocycles. The number of hydrogen-bond donors (Lipinski definition) is 0. The fourth-order valence-corrected chi connectivity index (χ4v) is 3.35. The summed E-state index contributed by atoms with van der Waals surface area (Å²) in [7, 11) is 4.23. The van der Waals surface area contributed by atoms with Crippen LogP contribution in [-0.2, 0) is 19.1 Å². The number of ether oxygens (including phenoxy) is 2. The molecular weight excluding hydrogens is 393 g/mol. The molecular formula is C18H19BrFNO4. The molecule has 0 saturated heterocycles. The van der Waals surface area contributed by atoms with E-state index >= 15 is 0 Å². The summed E-state index contributed by atoms with van der Waals surface area (Å²) >= 11 is 3.31. The fourth-order valence-electron chi connectivity index (χ4n) is 2.97. The van der Waals surface area contributed by atoms with Crippen molar-refractivity contribution in [1.29, 1.82) is 0 Å². The maximum absolute atomic E-state index is 14.6. The summed E-state index contributed by atoms with van der Waals surface area (Å²) in [5.74, 6) is -2.69. The van der Waals surface area contributed by atoms with Crippen LogP contribution in [0.5, 0.6) is 0 Å². The van der Waals surface area contributed by atoms with Crippen molar-refractivity contribution >= 4 is 27.9 Å². The molecule has 134 valence electrons. The van der Waals surface area contributed by atoms with Gasteiger partial charge in [0.25, 0.3) is 0 Å². The van der Waals surface area contributed by atoms with E-state index in [1.54, 1.807) is 37.9 Å². The second-order valence-electron chi connectivity index (χ2n) is 5.64. The van der Waals surface area contributed by atoms with Gasteiger partial charge in [-0.05, 0) is 32.0 Å². The Balaban J connectivity index is 2.84. The summed E-state index contributed by atoms with van der Waals surface area (Å²) in [5, 5.41) is 0. The first-order chi connectivity index (χ1) is 11.7. The number of allylic oxidation sites excluding steroid dienone is 2. The van der Waals surface area contributed by atoms with Crippen molar-refractivity contribution < 1.29 is 23.5 Å². The number of halogens is 2. The topological polar surface area (TPSA) is 55.8 Å². The zero-order valence-electron chi connectivity index (χ0n) is 14.6. The standard InChI is InChI=1S/C18H19BrFNO4/c1-9-14(17(22)24-4)16(12-8-11(19)6-7-13(12)20)15(18(23)25-5)10(2)21(9)3/h6-8,16H,1-5H3. The Hall–Kier alpha value is -2.15. The molecule has 7 heteroatoms. The van der Waals surface area contributed by atoms with E-state index in [1.807, 2.05) is 0 Å². The van der Waals surface area contributed by atoms with E-state index in [1.165, 1.54) is 20.3 Å². The van der Waals surface area contributed by atoms with E-state index < -0.39 is 23.7 Å². The number of carbonyl (C=O) groups excluding carboxylic acids is 2. The highest BCUT2D eigenvalue weighted by molar-refractivity contribution is 9.10. The summed E-state index contributed by atoms with van der Waals surface area (Å²) < 4.78 is 25.0. The largest absolute Gasteiger partial charge is 0.466 e. The molecule has 1 aromatic rings. The van der Waals surface area contributed by atoms with Gasteiger partial charge in [-0.3, -0.25) is 0 Å². The average Bonchev–Trinajstić information content (AvgIpc) is 2.60. The molecule has 0 spiro atoms. The molecule has 1 aliphatic heterocycles. The first-order valence-corrected chi connectivity index (χ1v) is 8.30. The van der Waals surface area contributed by atoms with E-state index in [2.05, 4.69) is 15.9 Å². The van der Waals surface area contributed by atoms with Gasteiger partial charge in [0.15, 0.2) is 0 Å². The Labute approximate surface area is 154 Å². The summed E-state index contributed by atoms with van der Waals surface area (Å²) in [6, 6.07) is 4.39. The van der Waals surface area contributed by atoms with Crippen molar-refractivity contribution in [3.8, 4) is 0 Å². The molecule has 0 fully saturated rings. The molecule has 0 unspecified atom stereocenters. The minimum absolute atomic E-state index is 0.196. The summed E-state index contributed by atoms with van der Waals surface area (Å²) in [6.07, 6.45) is 0. The van der Waals surface area contributed by atoms with Gasteiger partial charge in [0, 0.05) is 28.5 Å². The number of hydrogen-bond acceptors (Lipinski definition) is 5. The predicted molar refractivity (Wildman–Crippen MR) is 94.0 cm³/mol. The van der Waals surface area contributed by atoms with Crippen LogP contribution >= 0.6 is 15.9 Å². The Morgan fingerprint density at radius 2 is 1.56 bits per heavy atom. The molecule has 0 radical (unpaired) electrons. The lowest BCUT2D eigenvalue weighted by Crippen LogP contribution is -2.33. The van der Waals surface area contributed by atoms with Crippen LogP contribution in [0.25, 0.3) is 0 Å². The summed E-state index contributed by atoms with van der Waals surface area (Å²) in [6.45, 7) is 3.46. The normalized spacial score (nSPS) is 15.6. The molecule has 5 nitrogen and oxygen atoms in total. The van der Waals surface area contributed by atoms with Gasteiger partial charge >= 0.3 is 11.9 Å². The Morgan fingerprint density at radius 1 is 1.08 bits per heavy atom. The van der Waals surface area contributed by atoms with Crippen LogP contribution in [0.3, 0.4) is 0 Å². The molecule has 1 heterocycles. The minimum atomic E-state index is -0.923. The third-order valence-electron chi connectivity index (χ3n) is 4.44. The highest BCUT2D eigenvalue weighted by Crippen LogP contribution is 2.43. The first-order valence-electron chi connectivity index (χ1n) is 7.51. The minimum Gasteiger partial charge on any atom is -0.466 e. The zero-order valence-corrected chi connectivity index (χ0v) is 16.2. The lowest BCUT2D eigenvalue weighted by molar-refractivity contribution is -0.137. The molecule has 0 amide bonds. The molecule has 1 aliphatic rings. The Bertz CT molecular complexity index is 760. The van der Waals surface area contributed by atoms with Crippen LogP contribution in [0.2, 0.25) is 0 Å². The smallest absolute Gasteiger partial charge is 0.336 e. The van der Waals surface area contributed by atoms with Crippen molar-refractivity contribution in [3.63, 3.8) is 0 Å². The number of rotatable bonds is 3. The second-order valence-corrected chi connectivity index (χ2v) is 6.55. The fraction of sp³-hybridized carbons (Fsp3) is 0.333. The maximum atomic E-state index is 14.6. The molecule has 0 N–H and O–H groups in total. The van der Waals surface area contributed by atoms with Crippen LogP contribution in [0, 0.1) is 5.82 Å². The third-order valence-corrected chi connectivity index (χ3v) is 4.94. The average molecular weight is 412 g/mol. The molecule has 0 aliphatic carbocycles. The van der Waals surface area contributed by atoms with E-state index in [-0.39, 0.29) is 16.7 Å². The van der Waals surface area contributed by atoms with Crippen molar-refractivity contribution in [2.24, 2.45) is 0 Å². The van der Waals surface area contributed by atoms with E-state index in [9.17, 15) is 14.0 Å². The lowest BCUT2D eigenvalue weighted by Gasteiger charge is -2.35.